The summed E-state index contributed by atoms with van der Waals surface area (Å²) in [6.07, 6.45) is 5.65. The van der Waals surface area contributed by atoms with Crippen LogP contribution in [0.5, 0.6) is 0 Å². The molecule has 1 aliphatic rings. The fourth-order valence-electron chi connectivity index (χ4n) is 3.79. The van der Waals surface area contributed by atoms with Crippen molar-refractivity contribution in [2.24, 2.45) is 0 Å². The minimum absolute atomic E-state index is 0.137. The molecule has 0 unspecified atom stereocenters. The standard InChI is InChI=1S/C22H24FN3O/c1-15-6-9-20-24-22(17-7-8-18(23)16(2)12-17)19(26(20)14-15)13-21(27)25-10-4-3-5-11-25/h6-9,12,14H,3-5,10-11,13H2,1-2H3. The van der Waals surface area contributed by atoms with Gasteiger partial charge in [-0.3, -0.25) is 4.79 Å². The van der Waals surface area contributed by atoms with Gasteiger partial charge in [0.05, 0.1) is 17.8 Å². The van der Waals surface area contributed by atoms with Crippen molar-refractivity contribution < 1.29 is 9.18 Å². The van der Waals surface area contributed by atoms with Gasteiger partial charge in [0.15, 0.2) is 0 Å². The first-order chi connectivity index (χ1) is 13.0. The van der Waals surface area contributed by atoms with Gasteiger partial charge in [0.25, 0.3) is 0 Å². The van der Waals surface area contributed by atoms with Crippen LogP contribution in [0, 0.1) is 19.7 Å². The lowest BCUT2D eigenvalue weighted by atomic mass is 10.0. The maximum Gasteiger partial charge on any atom is 0.228 e. The second-order valence-electron chi connectivity index (χ2n) is 7.42. The molecule has 0 aliphatic carbocycles. The molecule has 1 saturated heterocycles. The second-order valence-corrected chi connectivity index (χ2v) is 7.42. The van der Waals surface area contributed by atoms with Gasteiger partial charge in [0, 0.05) is 24.8 Å². The molecule has 1 aromatic carbocycles. The predicted molar refractivity (Wildman–Crippen MR) is 104 cm³/mol. The molecule has 3 aromatic rings. The summed E-state index contributed by atoms with van der Waals surface area (Å²) in [5.41, 5.74) is 4.96. The molecule has 2 aromatic heterocycles. The number of imidazole rings is 1. The number of pyridine rings is 1. The van der Waals surface area contributed by atoms with Crippen LogP contribution < -0.4 is 0 Å². The first-order valence-electron chi connectivity index (χ1n) is 9.55. The Balaban J connectivity index is 1.79. The number of amides is 1. The molecular formula is C22H24FN3O. The van der Waals surface area contributed by atoms with Crippen LogP contribution in [0.4, 0.5) is 4.39 Å². The fraction of sp³-hybridized carbons (Fsp3) is 0.364. The van der Waals surface area contributed by atoms with Crippen molar-refractivity contribution in [3.05, 3.63) is 59.2 Å². The molecule has 4 nitrogen and oxygen atoms in total. The third kappa shape index (κ3) is 3.46. The summed E-state index contributed by atoms with van der Waals surface area (Å²) in [5, 5.41) is 0. The Morgan fingerprint density at radius 2 is 1.89 bits per heavy atom. The van der Waals surface area contributed by atoms with Crippen LogP contribution in [-0.4, -0.2) is 33.3 Å². The van der Waals surface area contributed by atoms with Gasteiger partial charge >= 0.3 is 0 Å². The van der Waals surface area contributed by atoms with Crippen LogP contribution in [0.1, 0.15) is 36.1 Å². The van der Waals surface area contributed by atoms with Gasteiger partial charge in [-0.05, 0) is 68.5 Å². The molecule has 5 heteroatoms. The minimum atomic E-state index is -0.232. The Bertz CT molecular complexity index is 1000. The number of carbonyl (C=O) groups is 1. The highest BCUT2D eigenvalue weighted by Crippen LogP contribution is 2.27. The third-order valence-corrected chi connectivity index (χ3v) is 5.32. The van der Waals surface area contributed by atoms with Crippen LogP contribution in [0.3, 0.4) is 0 Å². The molecule has 0 bridgehead atoms. The number of halogens is 1. The van der Waals surface area contributed by atoms with Gasteiger partial charge in [0.1, 0.15) is 11.5 Å². The van der Waals surface area contributed by atoms with Gasteiger partial charge in [0.2, 0.25) is 5.91 Å². The number of nitrogens with zero attached hydrogens (tertiary/aromatic N) is 3. The lowest BCUT2D eigenvalue weighted by Crippen LogP contribution is -2.36. The molecule has 0 saturated carbocycles. The maximum atomic E-state index is 13.7. The van der Waals surface area contributed by atoms with E-state index in [2.05, 4.69) is 0 Å². The lowest BCUT2D eigenvalue weighted by Gasteiger charge is -2.26. The average molecular weight is 365 g/mol. The zero-order chi connectivity index (χ0) is 19.0. The highest BCUT2D eigenvalue weighted by atomic mass is 19.1. The highest BCUT2D eigenvalue weighted by Gasteiger charge is 2.22. The minimum Gasteiger partial charge on any atom is -0.342 e. The SMILES string of the molecule is Cc1ccc2nc(-c3ccc(F)c(C)c3)c(CC(=O)N3CCCCC3)n2c1. The number of hydrogen-bond donors (Lipinski definition) is 0. The van der Waals surface area contributed by atoms with Crippen molar-refractivity contribution in [3.63, 3.8) is 0 Å². The normalized spacial score (nSPS) is 14.7. The molecule has 0 N–H and O–H groups in total. The molecule has 1 amide bonds. The van der Waals surface area contributed by atoms with Gasteiger partial charge in [-0.2, -0.15) is 0 Å². The van der Waals surface area contributed by atoms with Crippen LogP contribution >= 0.6 is 0 Å². The summed E-state index contributed by atoms with van der Waals surface area (Å²) in [4.78, 5) is 19.6. The van der Waals surface area contributed by atoms with Crippen LogP contribution in [0.2, 0.25) is 0 Å². The van der Waals surface area contributed by atoms with Gasteiger partial charge < -0.3 is 9.30 Å². The van der Waals surface area contributed by atoms with Crippen molar-refractivity contribution in [1.82, 2.24) is 14.3 Å². The van der Waals surface area contributed by atoms with E-state index in [1.807, 2.05) is 34.6 Å². The Hall–Kier alpha value is -2.69. The van der Waals surface area contributed by atoms with Crippen molar-refractivity contribution in [1.29, 1.82) is 0 Å². The molecule has 0 radical (unpaired) electrons. The van der Waals surface area contributed by atoms with Crippen LogP contribution in [-0.2, 0) is 11.2 Å². The molecule has 27 heavy (non-hydrogen) atoms. The van der Waals surface area contributed by atoms with E-state index >= 15 is 0 Å². The van der Waals surface area contributed by atoms with E-state index < -0.39 is 0 Å². The monoisotopic (exact) mass is 365 g/mol. The number of aromatic nitrogens is 2. The zero-order valence-electron chi connectivity index (χ0n) is 15.8. The molecule has 3 heterocycles. The Kier molecular flexibility index (Phi) is 4.68. The average Bonchev–Trinajstić information content (AvgIpc) is 3.02. The quantitative estimate of drug-likeness (QED) is 0.693. The number of carbonyl (C=O) groups excluding carboxylic acids is 1. The van der Waals surface area contributed by atoms with Crippen LogP contribution in [0.15, 0.2) is 36.5 Å². The van der Waals surface area contributed by atoms with E-state index in [1.54, 1.807) is 19.1 Å². The topological polar surface area (TPSA) is 37.6 Å². The van der Waals surface area contributed by atoms with Crippen LogP contribution in [0.25, 0.3) is 16.9 Å². The third-order valence-electron chi connectivity index (χ3n) is 5.32. The molecule has 4 rings (SSSR count). The Morgan fingerprint density at radius 1 is 1.11 bits per heavy atom. The van der Waals surface area contributed by atoms with Crippen molar-refractivity contribution in [3.8, 4) is 11.3 Å². The van der Waals surface area contributed by atoms with E-state index in [0.29, 0.717) is 12.0 Å². The summed E-state index contributed by atoms with van der Waals surface area (Å²) in [5.74, 6) is -0.0950. The van der Waals surface area contributed by atoms with Gasteiger partial charge in [-0.1, -0.05) is 6.07 Å². The number of aryl methyl sites for hydroxylation is 2. The van der Waals surface area contributed by atoms with E-state index in [0.717, 1.165) is 54.1 Å². The summed E-state index contributed by atoms with van der Waals surface area (Å²) in [6, 6.07) is 8.99. The first kappa shape index (κ1) is 17.7. The van der Waals surface area contributed by atoms with Crippen molar-refractivity contribution in [2.45, 2.75) is 39.5 Å². The smallest absolute Gasteiger partial charge is 0.228 e. The van der Waals surface area contributed by atoms with Crippen molar-refractivity contribution in [2.75, 3.05) is 13.1 Å². The molecule has 1 fully saturated rings. The second kappa shape index (κ2) is 7.14. The molecule has 140 valence electrons. The van der Waals surface area contributed by atoms with E-state index in [1.165, 1.54) is 12.5 Å². The summed E-state index contributed by atoms with van der Waals surface area (Å²) < 4.78 is 15.7. The summed E-state index contributed by atoms with van der Waals surface area (Å²) in [6.45, 7) is 5.44. The predicted octanol–water partition coefficient (Wildman–Crippen LogP) is 4.31. The Labute approximate surface area is 158 Å². The van der Waals surface area contributed by atoms with Gasteiger partial charge in [-0.15, -0.1) is 0 Å². The number of likely N-dealkylation sites (tertiary alicyclic amines) is 1. The molecular weight excluding hydrogens is 341 g/mol. The molecule has 0 spiro atoms. The van der Waals surface area contributed by atoms with E-state index in [-0.39, 0.29) is 11.7 Å². The summed E-state index contributed by atoms with van der Waals surface area (Å²) in [7, 11) is 0. The number of hydrogen-bond acceptors (Lipinski definition) is 2. The van der Waals surface area contributed by atoms with Gasteiger partial charge in [-0.25, -0.2) is 9.37 Å². The highest BCUT2D eigenvalue weighted by molar-refractivity contribution is 5.82. The van der Waals surface area contributed by atoms with E-state index in [4.69, 9.17) is 4.98 Å². The summed E-state index contributed by atoms with van der Waals surface area (Å²) >= 11 is 0. The number of piperidine rings is 1. The zero-order valence-corrected chi connectivity index (χ0v) is 15.8. The fourth-order valence-corrected chi connectivity index (χ4v) is 3.79. The maximum absolute atomic E-state index is 13.7. The Morgan fingerprint density at radius 3 is 2.63 bits per heavy atom. The van der Waals surface area contributed by atoms with Crippen molar-refractivity contribution >= 4 is 11.6 Å². The first-order valence-corrected chi connectivity index (χ1v) is 9.55. The molecule has 0 atom stereocenters. The largest absolute Gasteiger partial charge is 0.342 e. The van der Waals surface area contributed by atoms with E-state index in [9.17, 15) is 9.18 Å². The molecule has 1 aliphatic heterocycles. The lowest BCUT2D eigenvalue weighted by molar-refractivity contribution is -0.131. The number of benzene rings is 1. The number of fused-ring (bicyclic) bond motifs is 1. The number of rotatable bonds is 3.